The van der Waals surface area contributed by atoms with E-state index < -0.39 is 6.10 Å². The molecule has 2 heterocycles. The summed E-state index contributed by atoms with van der Waals surface area (Å²) in [4.78, 5) is 4.66. The lowest BCUT2D eigenvalue weighted by atomic mass is 10.2. The molecule has 6 heteroatoms. The Kier molecular flexibility index (Phi) is 5.83. The SMILES string of the molecule is Cc1cc(OC[C@@H](O)CN2CCN(c3ccccc3)CC2)nnc1C. The fraction of sp³-hybridized carbons (Fsp3) is 0.474. The standard InChI is InChI=1S/C19H26N4O2/c1-15-12-19(21-20-16(15)2)25-14-18(24)13-22-8-10-23(11-9-22)17-6-4-3-5-7-17/h3-7,12,18,24H,8-11,13-14H2,1-2H3/t18-/m0/s1. The number of aromatic nitrogens is 2. The highest BCUT2D eigenvalue weighted by Gasteiger charge is 2.19. The van der Waals surface area contributed by atoms with Crippen LogP contribution in [0.25, 0.3) is 0 Å². The van der Waals surface area contributed by atoms with E-state index >= 15 is 0 Å². The summed E-state index contributed by atoms with van der Waals surface area (Å²) >= 11 is 0. The number of rotatable bonds is 6. The van der Waals surface area contributed by atoms with E-state index in [1.54, 1.807) is 0 Å². The first kappa shape index (κ1) is 17.6. The van der Waals surface area contributed by atoms with Gasteiger partial charge >= 0.3 is 0 Å². The molecule has 3 rings (SSSR count). The molecule has 0 spiro atoms. The van der Waals surface area contributed by atoms with Crippen LogP contribution in [0.5, 0.6) is 5.88 Å². The van der Waals surface area contributed by atoms with Gasteiger partial charge in [0.2, 0.25) is 5.88 Å². The second-order valence-electron chi connectivity index (χ2n) is 6.54. The van der Waals surface area contributed by atoms with Crippen molar-refractivity contribution < 1.29 is 9.84 Å². The van der Waals surface area contributed by atoms with Crippen molar-refractivity contribution in [3.63, 3.8) is 0 Å². The van der Waals surface area contributed by atoms with Crippen molar-refractivity contribution in [2.24, 2.45) is 0 Å². The van der Waals surface area contributed by atoms with Crippen molar-refractivity contribution in [1.82, 2.24) is 15.1 Å². The Hall–Kier alpha value is -2.18. The van der Waals surface area contributed by atoms with Gasteiger partial charge in [-0.1, -0.05) is 18.2 Å². The fourth-order valence-corrected chi connectivity index (χ4v) is 2.95. The van der Waals surface area contributed by atoms with Crippen LogP contribution in [0, 0.1) is 13.8 Å². The molecule has 1 aliphatic rings. The van der Waals surface area contributed by atoms with Crippen LogP contribution in [0.1, 0.15) is 11.3 Å². The summed E-state index contributed by atoms with van der Waals surface area (Å²) in [6, 6.07) is 12.3. The Morgan fingerprint density at radius 1 is 1.08 bits per heavy atom. The molecule has 1 fully saturated rings. The van der Waals surface area contributed by atoms with Gasteiger partial charge in [0.25, 0.3) is 0 Å². The van der Waals surface area contributed by atoms with E-state index in [9.17, 15) is 5.11 Å². The molecule has 0 saturated carbocycles. The van der Waals surface area contributed by atoms with Crippen LogP contribution in [0.4, 0.5) is 5.69 Å². The van der Waals surface area contributed by atoms with E-state index in [0.717, 1.165) is 37.4 Å². The smallest absolute Gasteiger partial charge is 0.233 e. The van der Waals surface area contributed by atoms with Gasteiger partial charge in [0.15, 0.2) is 0 Å². The number of aliphatic hydroxyl groups excluding tert-OH is 1. The zero-order chi connectivity index (χ0) is 17.6. The van der Waals surface area contributed by atoms with Gasteiger partial charge in [-0.3, -0.25) is 4.90 Å². The van der Waals surface area contributed by atoms with Crippen molar-refractivity contribution in [3.05, 3.63) is 47.7 Å². The van der Waals surface area contributed by atoms with Crippen LogP contribution in [0.15, 0.2) is 36.4 Å². The summed E-state index contributed by atoms with van der Waals surface area (Å²) in [5, 5.41) is 18.3. The number of benzene rings is 1. The molecule has 0 amide bonds. The highest BCUT2D eigenvalue weighted by atomic mass is 16.5. The molecular formula is C19H26N4O2. The van der Waals surface area contributed by atoms with Crippen LogP contribution in [-0.4, -0.2) is 65.6 Å². The summed E-state index contributed by atoms with van der Waals surface area (Å²) in [5.41, 5.74) is 3.19. The van der Waals surface area contributed by atoms with Crippen LogP contribution >= 0.6 is 0 Å². The number of β-amino-alcohol motifs (C(OH)–C–C–N with tert-alkyl or cyclic N) is 1. The Bertz CT molecular complexity index is 672. The third-order valence-corrected chi connectivity index (χ3v) is 4.60. The molecule has 0 unspecified atom stereocenters. The molecule has 1 N–H and O–H groups in total. The maximum Gasteiger partial charge on any atom is 0.233 e. The van der Waals surface area contributed by atoms with Gasteiger partial charge in [0.1, 0.15) is 12.7 Å². The summed E-state index contributed by atoms with van der Waals surface area (Å²) in [7, 11) is 0. The molecule has 1 atom stereocenters. The van der Waals surface area contributed by atoms with Gasteiger partial charge in [-0.15, -0.1) is 5.10 Å². The number of ether oxygens (including phenoxy) is 1. The quantitative estimate of drug-likeness (QED) is 0.861. The number of aliphatic hydroxyl groups is 1. The second-order valence-corrected chi connectivity index (χ2v) is 6.54. The Morgan fingerprint density at radius 2 is 1.80 bits per heavy atom. The summed E-state index contributed by atoms with van der Waals surface area (Å²) in [6.07, 6.45) is -0.535. The molecule has 1 aromatic heterocycles. The number of hydrogen-bond acceptors (Lipinski definition) is 6. The molecule has 0 bridgehead atoms. The molecule has 0 radical (unpaired) electrons. The topological polar surface area (TPSA) is 61.7 Å². The third kappa shape index (κ3) is 4.90. The summed E-state index contributed by atoms with van der Waals surface area (Å²) in [5.74, 6) is 0.469. The van der Waals surface area contributed by atoms with E-state index in [-0.39, 0.29) is 6.61 Å². The minimum atomic E-state index is -0.535. The number of hydrogen-bond donors (Lipinski definition) is 1. The first-order valence-electron chi connectivity index (χ1n) is 8.76. The van der Waals surface area contributed by atoms with Gasteiger partial charge < -0.3 is 14.7 Å². The van der Waals surface area contributed by atoms with Gasteiger partial charge in [-0.05, 0) is 31.5 Å². The van der Waals surface area contributed by atoms with Crippen LogP contribution in [0.3, 0.4) is 0 Å². The first-order chi connectivity index (χ1) is 12.1. The van der Waals surface area contributed by atoms with Crippen molar-refractivity contribution in [2.45, 2.75) is 20.0 Å². The monoisotopic (exact) mass is 342 g/mol. The third-order valence-electron chi connectivity index (χ3n) is 4.60. The van der Waals surface area contributed by atoms with E-state index in [1.807, 2.05) is 26.0 Å². The van der Waals surface area contributed by atoms with Gasteiger partial charge in [-0.2, -0.15) is 5.10 Å². The molecule has 25 heavy (non-hydrogen) atoms. The Labute approximate surface area is 149 Å². The molecule has 1 aliphatic heterocycles. The van der Waals surface area contributed by atoms with Crippen molar-refractivity contribution >= 4 is 5.69 Å². The zero-order valence-corrected chi connectivity index (χ0v) is 14.9. The van der Waals surface area contributed by atoms with E-state index in [1.165, 1.54) is 5.69 Å². The fourth-order valence-electron chi connectivity index (χ4n) is 2.95. The number of anilines is 1. The minimum Gasteiger partial charge on any atom is -0.474 e. The minimum absolute atomic E-state index is 0.232. The molecule has 134 valence electrons. The van der Waals surface area contributed by atoms with Crippen LogP contribution in [0.2, 0.25) is 0 Å². The second kappa shape index (κ2) is 8.27. The maximum absolute atomic E-state index is 10.2. The van der Waals surface area contributed by atoms with Crippen LogP contribution in [-0.2, 0) is 0 Å². The van der Waals surface area contributed by atoms with Gasteiger partial charge in [0, 0.05) is 44.5 Å². The van der Waals surface area contributed by atoms with E-state index in [0.29, 0.717) is 12.4 Å². The highest BCUT2D eigenvalue weighted by Crippen LogP contribution is 2.16. The van der Waals surface area contributed by atoms with E-state index in [4.69, 9.17) is 4.74 Å². The van der Waals surface area contributed by atoms with Crippen molar-refractivity contribution in [2.75, 3.05) is 44.2 Å². The molecule has 1 saturated heterocycles. The zero-order valence-electron chi connectivity index (χ0n) is 14.9. The van der Waals surface area contributed by atoms with Gasteiger partial charge in [0.05, 0.1) is 5.69 Å². The van der Waals surface area contributed by atoms with Gasteiger partial charge in [-0.25, -0.2) is 0 Å². The van der Waals surface area contributed by atoms with Crippen molar-refractivity contribution in [3.8, 4) is 5.88 Å². The summed E-state index contributed by atoms with van der Waals surface area (Å²) < 4.78 is 5.57. The summed E-state index contributed by atoms with van der Waals surface area (Å²) in [6.45, 7) is 8.55. The molecule has 2 aromatic rings. The lowest BCUT2D eigenvalue weighted by Gasteiger charge is -2.36. The maximum atomic E-state index is 10.2. The predicted octanol–water partition coefficient (Wildman–Crippen LogP) is 1.66. The lowest BCUT2D eigenvalue weighted by molar-refractivity contribution is 0.0643. The number of nitrogens with zero attached hydrogens (tertiary/aromatic N) is 4. The van der Waals surface area contributed by atoms with Crippen molar-refractivity contribution in [1.29, 1.82) is 0 Å². The average molecular weight is 342 g/mol. The predicted molar refractivity (Wildman–Crippen MR) is 98.1 cm³/mol. The normalized spacial score (nSPS) is 16.7. The average Bonchev–Trinajstić information content (AvgIpc) is 2.64. The first-order valence-corrected chi connectivity index (χ1v) is 8.76. The highest BCUT2D eigenvalue weighted by molar-refractivity contribution is 5.46. The lowest BCUT2D eigenvalue weighted by Crippen LogP contribution is -2.49. The van der Waals surface area contributed by atoms with E-state index in [2.05, 4.69) is 44.3 Å². The molecule has 1 aromatic carbocycles. The Balaban J connectivity index is 1.41. The number of para-hydroxylation sites is 1. The number of piperazine rings is 1. The molecule has 6 nitrogen and oxygen atoms in total. The Morgan fingerprint density at radius 3 is 2.48 bits per heavy atom. The number of aryl methyl sites for hydroxylation is 2. The largest absolute Gasteiger partial charge is 0.474 e. The molecular weight excluding hydrogens is 316 g/mol. The van der Waals surface area contributed by atoms with Crippen LogP contribution < -0.4 is 9.64 Å². The molecule has 0 aliphatic carbocycles.